The Morgan fingerprint density at radius 3 is 2.45 bits per heavy atom. The molecule has 1 N–H and O–H groups in total. The molecule has 0 amide bonds. The number of piperazine rings is 1. The van der Waals surface area contributed by atoms with E-state index in [1.807, 2.05) is 4.90 Å². The summed E-state index contributed by atoms with van der Waals surface area (Å²) in [6, 6.07) is 1.74. The van der Waals surface area contributed by atoms with Gasteiger partial charge in [-0.15, -0.1) is 0 Å². The van der Waals surface area contributed by atoms with Gasteiger partial charge in [0.1, 0.15) is 0 Å². The monoisotopic (exact) mass is 287 g/mol. The second kappa shape index (κ2) is 6.10. The smallest absolute Gasteiger partial charge is 0.295 e. The first-order chi connectivity index (χ1) is 9.54. The number of rotatable bonds is 4. The molecule has 0 aromatic heterocycles. The van der Waals surface area contributed by atoms with Crippen LogP contribution < -0.4 is 4.90 Å². The quantitative estimate of drug-likeness (QED) is 0.660. The van der Waals surface area contributed by atoms with E-state index in [0.29, 0.717) is 32.7 Å². The van der Waals surface area contributed by atoms with Gasteiger partial charge in [-0.2, -0.15) is 0 Å². The van der Waals surface area contributed by atoms with Crippen LogP contribution in [0.2, 0.25) is 0 Å². The van der Waals surface area contributed by atoms with Gasteiger partial charge in [0.2, 0.25) is 0 Å². The zero-order chi connectivity index (χ0) is 14.7. The molecular weight excluding hydrogens is 272 g/mol. The maximum Gasteiger partial charge on any atom is 0.295 e. The highest BCUT2D eigenvalue weighted by molar-refractivity contribution is 5.64. The summed E-state index contributed by atoms with van der Waals surface area (Å²) in [7, 11) is 0. The summed E-state index contributed by atoms with van der Waals surface area (Å²) in [6.07, 6.45) is 0. The molecule has 1 aromatic carbocycles. The molecule has 0 atom stereocenters. The van der Waals surface area contributed by atoms with Gasteiger partial charge >= 0.3 is 0 Å². The molecule has 0 bridgehead atoms. The van der Waals surface area contributed by atoms with E-state index in [1.54, 1.807) is 0 Å². The molecule has 6 nitrogen and oxygen atoms in total. The molecule has 1 heterocycles. The first kappa shape index (κ1) is 14.6. The molecule has 0 saturated carbocycles. The fraction of sp³-hybridized carbons (Fsp3) is 0.500. The van der Waals surface area contributed by atoms with E-state index in [1.165, 1.54) is 4.90 Å². The van der Waals surface area contributed by atoms with E-state index in [9.17, 15) is 18.9 Å². The fourth-order valence-electron chi connectivity index (χ4n) is 2.31. The summed E-state index contributed by atoms with van der Waals surface area (Å²) in [4.78, 5) is 13.7. The molecular formula is C12H15F2N3O3. The lowest BCUT2D eigenvalue weighted by molar-refractivity contribution is -0.384. The van der Waals surface area contributed by atoms with E-state index in [0.717, 1.165) is 12.1 Å². The number of nitro benzene ring substituents is 1. The van der Waals surface area contributed by atoms with Gasteiger partial charge in [-0.25, -0.2) is 8.78 Å². The van der Waals surface area contributed by atoms with Crippen LogP contribution in [0.1, 0.15) is 0 Å². The van der Waals surface area contributed by atoms with Crippen LogP contribution in [0.25, 0.3) is 0 Å². The van der Waals surface area contributed by atoms with Crippen molar-refractivity contribution in [2.75, 3.05) is 44.2 Å². The number of halogens is 2. The maximum absolute atomic E-state index is 13.9. The third-order valence-corrected chi connectivity index (χ3v) is 3.35. The van der Waals surface area contributed by atoms with E-state index < -0.39 is 22.2 Å². The Hall–Kier alpha value is -1.80. The largest absolute Gasteiger partial charge is 0.395 e. The molecule has 1 fully saturated rings. The molecule has 1 aliphatic heterocycles. The predicted molar refractivity (Wildman–Crippen MR) is 68.8 cm³/mol. The molecule has 0 unspecified atom stereocenters. The topological polar surface area (TPSA) is 69.9 Å². The average Bonchev–Trinajstić information content (AvgIpc) is 2.43. The van der Waals surface area contributed by atoms with Crippen molar-refractivity contribution < 1.29 is 18.8 Å². The lowest BCUT2D eigenvalue weighted by Gasteiger charge is -2.35. The highest BCUT2D eigenvalue weighted by Crippen LogP contribution is 2.33. The number of nitro groups is 1. The standard InChI is InChI=1S/C12H15F2N3O3/c13-9-1-2-10(17(19)20)12(11(9)14)16-5-3-15(4-6-16)7-8-18/h1-2,18H,3-8H2. The molecule has 0 radical (unpaired) electrons. The summed E-state index contributed by atoms with van der Waals surface area (Å²) in [5, 5.41) is 19.8. The number of hydrogen-bond donors (Lipinski definition) is 1. The molecule has 1 aromatic rings. The number of nitrogens with zero attached hydrogens (tertiary/aromatic N) is 3. The lowest BCUT2D eigenvalue weighted by Crippen LogP contribution is -2.47. The molecule has 0 aliphatic carbocycles. The van der Waals surface area contributed by atoms with E-state index in [4.69, 9.17) is 5.11 Å². The van der Waals surface area contributed by atoms with E-state index >= 15 is 0 Å². The fourth-order valence-corrected chi connectivity index (χ4v) is 2.31. The van der Waals surface area contributed by atoms with Crippen LogP contribution in [0.3, 0.4) is 0 Å². The molecule has 8 heteroatoms. The van der Waals surface area contributed by atoms with Crippen molar-refractivity contribution in [2.24, 2.45) is 0 Å². The number of aliphatic hydroxyl groups excluding tert-OH is 1. The Kier molecular flexibility index (Phi) is 4.46. The van der Waals surface area contributed by atoms with Crippen LogP contribution in [0.4, 0.5) is 20.2 Å². The van der Waals surface area contributed by atoms with Crippen LogP contribution in [0.15, 0.2) is 12.1 Å². The van der Waals surface area contributed by atoms with E-state index in [-0.39, 0.29) is 12.3 Å². The number of anilines is 1. The van der Waals surface area contributed by atoms with Crippen molar-refractivity contribution in [1.29, 1.82) is 0 Å². The number of benzene rings is 1. The summed E-state index contributed by atoms with van der Waals surface area (Å²) >= 11 is 0. The van der Waals surface area contributed by atoms with Crippen LogP contribution in [-0.2, 0) is 0 Å². The molecule has 2 rings (SSSR count). The Balaban J connectivity index is 2.25. The SMILES string of the molecule is O=[N+]([O-])c1ccc(F)c(F)c1N1CCN(CCO)CC1. The van der Waals surface area contributed by atoms with Crippen molar-refractivity contribution >= 4 is 11.4 Å². The summed E-state index contributed by atoms with van der Waals surface area (Å²) in [6.45, 7) is 2.29. The molecule has 110 valence electrons. The number of aliphatic hydroxyl groups is 1. The van der Waals surface area contributed by atoms with Crippen molar-refractivity contribution in [3.05, 3.63) is 33.9 Å². The predicted octanol–water partition coefficient (Wildman–Crippen LogP) is 0.987. The molecule has 1 aliphatic rings. The third kappa shape index (κ3) is 2.86. The van der Waals surface area contributed by atoms with Crippen LogP contribution in [0, 0.1) is 21.7 Å². The summed E-state index contributed by atoms with van der Waals surface area (Å²) < 4.78 is 27.2. The van der Waals surface area contributed by atoms with Gasteiger partial charge in [-0.3, -0.25) is 15.0 Å². The van der Waals surface area contributed by atoms with E-state index in [2.05, 4.69) is 0 Å². The van der Waals surface area contributed by atoms with Crippen molar-refractivity contribution in [2.45, 2.75) is 0 Å². The average molecular weight is 287 g/mol. The highest BCUT2D eigenvalue weighted by atomic mass is 19.2. The van der Waals surface area contributed by atoms with Crippen molar-refractivity contribution in [3.8, 4) is 0 Å². The Bertz CT molecular complexity index is 505. The highest BCUT2D eigenvalue weighted by Gasteiger charge is 2.28. The minimum Gasteiger partial charge on any atom is -0.395 e. The van der Waals surface area contributed by atoms with Gasteiger partial charge in [-0.05, 0) is 6.07 Å². The zero-order valence-corrected chi connectivity index (χ0v) is 10.8. The van der Waals surface area contributed by atoms with Gasteiger partial charge in [0.25, 0.3) is 5.69 Å². The first-order valence-electron chi connectivity index (χ1n) is 6.25. The van der Waals surface area contributed by atoms with Gasteiger partial charge in [-0.1, -0.05) is 0 Å². The third-order valence-electron chi connectivity index (χ3n) is 3.35. The van der Waals surface area contributed by atoms with Crippen molar-refractivity contribution in [1.82, 2.24) is 4.90 Å². The number of hydrogen-bond acceptors (Lipinski definition) is 5. The lowest BCUT2D eigenvalue weighted by atomic mass is 10.2. The van der Waals surface area contributed by atoms with Gasteiger partial charge < -0.3 is 10.0 Å². The Morgan fingerprint density at radius 1 is 1.25 bits per heavy atom. The van der Waals surface area contributed by atoms with Crippen LogP contribution in [0.5, 0.6) is 0 Å². The Labute approximate surface area is 114 Å². The molecule has 0 spiro atoms. The first-order valence-corrected chi connectivity index (χ1v) is 6.25. The second-order valence-corrected chi connectivity index (χ2v) is 4.54. The minimum absolute atomic E-state index is 0.0223. The maximum atomic E-state index is 13.9. The normalized spacial score (nSPS) is 16.4. The Morgan fingerprint density at radius 2 is 1.90 bits per heavy atom. The van der Waals surface area contributed by atoms with Gasteiger partial charge in [0.05, 0.1) is 11.5 Å². The zero-order valence-electron chi connectivity index (χ0n) is 10.8. The van der Waals surface area contributed by atoms with Gasteiger partial charge in [0.15, 0.2) is 17.3 Å². The second-order valence-electron chi connectivity index (χ2n) is 4.54. The molecule has 1 saturated heterocycles. The van der Waals surface area contributed by atoms with Crippen LogP contribution >= 0.6 is 0 Å². The van der Waals surface area contributed by atoms with Crippen molar-refractivity contribution in [3.63, 3.8) is 0 Å². The summed E-state index contributed by atoms with van der Waals surface area (Å²) in [5.74, 6) is -2.28. The van der Waals surface area contributed by atoms with Crippen LogP contribution in [-0.4, -0.2) is 54.3 Å². The number of β-amino-alcohol motifs (C(OH)–C–C–N with tert-alkyl or cyclic N) is 1. The summed E-state index contributed by atoms with van der Waals surface area (Å²) in [5.41, 5.74) is -0.724. The van der Waals surface area contributed by atoms with Gasteiger partial charge in [0, 0.05) is 38.8 Å². The molecule has 20 heavy (non-hydrogen) atoms. The minimum atomic E-state index is -1.19.